The SMILES string of the molecule is CC(C)=CC1C=C(C)C2C3CCC4C5(C)CCC(O)C(C)(C)C5CCC4(C)C34COC2(C4)O1. The van der Waals surface area contributed by atoms with Gasteiger partial charge in [0.2, 0.25) is 0 Å². The van der Waals surface area contributed by atoms with E-state index in [1.54, 1.807) is 0 Å². The second kappa shape index (κ2) is 6.77. The molecule has 0 radical (unpaired) electrons. The Balaban J connectivity index is 1.40. The Morgan fingerprint density at radius 2 is 1.79 bits per heavy atom. The van der Waals surface area contributed by atoms with Crippen molar-refractivity contribution in [2.75, 3.05) is 6.61 Å². The largest absolute Gasteiger partial charge is 0.393 e. The minimum Gasteiger partial charge on any atom is -0.393 e. The van der Waals surface area contributed by atoms with Crippen LogP contribution in [-0.4, -0.2) is 29.7 Å². The molecule has 5 fully saturated rings. The summed E-state index contributed by atoms with van der Waals surface area (Å²) >= 11 is 0. The van der Waals surface area contributed by atoms with Gasteiger partial charge in [-0.1, -0.05) is 51.0 Å². The molecule has 4 aliphatic carbocycles. The summed E-state index contributed by atoms with van der Waals surface area (Å²) in [5.74, 6) is 2.00. The zero-order valence-electron chi connectivity index (χ0n) is 22.0. The molecular formula is C30H46O3. The van der Waals surface area contributed by atoms with Crippen molar-refractivity contribution in [1.82, 2.24) is 0 Å². The van der Waals surface area contributed by atoms with E-state index >= 15 is 0 Å². The molecule has 184 valence electrons. The van der Waals surface area contributed by atoms with E-state index in [2.05, 4.69) is 60.6 Å². The molecule has 6 aliphatic rings. The molecule has 6 rings (SSSR count). The zero-order chi connectivity index (χ0) is 23.6. The van der Waals surface area contributed by atoms with Crippen molar-refractivity contribution in [3.63, 3.8) is 0 Å². The van der Waals surface area contributed by atoms with Gasteiger partial charge >= 0.3 is 0 Å². The highest BCUT2D eigenvalue weighted by Crippen LogP contribution is 2.79. The fourth-order valence-electron chi connectivity index (χ4n) is 11.1. The van der Waals surface area contributed by atoms with E-state index in [0.29, 0.717) is 29.1 Å². The van der Waals surface area contributed by atoms with Crippen LogP contribution >= 0.6 is 0 Å². The van der Waals surface area contributed by atoms with E-state index in [9.17, 15) is 5.11 Å². The van der Waals surface area contributed by atoms with Gasteiger partial charge in [0.1, 0.15) is 0 Å². The molecule has 0 aromatic carbocycles. The Morgan fingerprint density at radius 3 is 2.52 bits per heavy atom. The summed E-state index contributed by atoms with van der Waals surface area (Å²) in [5.41, 5.74) is 3.65. The summed E-state index contributed by atoms with van der Waals surface area (Å²) in [6.07, 6.45) is 12.9. The van der Waals surface area contributed by atoms with Crippen molar-refractivity contribution < 1.29 is 14.6 Å². The van der Waals surface area contributed by atoms with Gasteiger partial charge < -0.3 is 14.6 Å². The summed E-state index contributed by atoms with van der Waals surface area (Å²) in [5, 5.41) is 10.9. The Labute approximate surface area is 201 Å². The third-order valence-corrected chi connectivity index (χ3v) is 12.4. The molecule has 0 aromatic rings. The number of aliphatic hydroxyl groups excluding tert-OH is 1. The first-order valence-electron chi connectivity index (χ1n) is 13.7. The van der Waals surface area contributed by atoms with Gasteiger partial charge in [0.15, 0.2) is 5.79 Å². The summed E-state index contributed by atoms with van der Waals surface area (Å²) in [6, 6.07) is 0. The van der Waals surface area contributed by atoms with Gasteiger partial charge in [0.25, 0.3) is 0 Å². The number of hydrogen-bond donors (Lipinski definition) is 1. The number of aliphatic hydroxyl groups is 1. The van der Waals surface area contributed by atoms with Crippen LogP contribution in [0.25, 0.3) is 0 Å². The van der Waals surface area contributed by atoms with Crippen molar-refractivity contribution in [3.8, 4) is 0 Å². The summed E-state index contributed by atoms with van der Waals surface area (Å²) in [7, 11) is 0. The minimum absolute atomic E-state index is 0.0138. The first kappa shape index (κ1) is 22.8. The zero-order valence-corrected chi connectivity index (χ0v) is 22.0. The average molecular weight is 455 g/mol. The molecular weight excluding hydrogens is 408 g/mol. The van der Waals surface area contributed by atoms with E-state index in [1.165, 1.54) is 43.3 Å². The highest BCUT2D eigenvalue weighted by atomic mass is 16.7. The summed E-state index contributed by atoms with van der Waals surface area (Å²) in [4.78, 5) is 0. The first-order chi connectivity index (χ1) is 15.4. The Morgan fingerprint density at radius 1 is 1.03 bits per heavy atom. The number of allylic oxidation sites excluding steroid dienone is 1. The summed E-state index contributed by atoms with van der Waals surface area (Å²) in [6.45, 7) is 17.5. The topological polar surface area (TPSA) is 38.7 Å². The van der Waals surface area contributed by atoms with Crippen LogP contribution in [0.3, 0.4) is 0 Å². The molecule has 1 N–H and O–H groups in total. The van der Waals surface area contributed by atoms with Crippen LogP contribution in [0.4, 0.5) is 0 Å². The third-order valence-electron chi connectivity index (χ3n) is 12.4. The Kier molecular flexibility index (Phi) is 4.68. The van der Waals surface area contributed by atoms with E-state index in [1.807, 2.05) is 0 Å². The molecule has 0 amide bonds. The fraction of sp³-hybridized carbons (Fsp3) is 0.867. The lowest BCUT2D eigenvalue weighted by Crippen LogP contribution is -2.65. The maximum absolute atomic E-state index is 10.9. The molecule has 1 saturated heterocycles. The van der Waals surface area contributed by atoms with Gasteiger partial charge in [-0.2, -0.15) is 0 Å². The Hall–Kier alpha value is -0.640. The third kappa shape index (κ3) is 2.63. The number of fused-ring (bicyclic) bond motifs is 4. The van der Waals surface area contributed by atoms with Crippen LogP contribution in [0.1, 0.15) is 93.4 Å². The molecule has 2 aliphatic heterocycles. The van der Waals surface area contributed by atoms with Gasteiger partial charge in [-0.15, -0.1) is 0 Å². The van der Waals surface area contributed by atoms with Crippen LogP contribution in [0.5, 0.6) is 0 Å². The number of hydrogen-bond acceptors (Lipinski definition) is 3. The van der Waals surface area contributed by atoms with Crippen LogP contribution < -0.4 is 0 Å². The van der Waals surface area contributed by atoms with E-state index in [0.717, 1.165) is 19.4 Å². The smallest absolute Gasteiger partial charge is 0.176 e. The number of rotatable bonds is 1. The van der Waals surface area contributed by atoms with Crippen LogP contribution in [0.2, 0.25) is 0 Å². The predicted molar refractivity (Wildman–Crippen MR) is 131 cm³/mol. The van der Waals surface area contributed by atoms with Gasteiger partial charge in [-0.05, 0) is 93.3 Å². The van der Waals surface area contributed by atoms with E-state index in [-0.39, 0.29) is 28.5 Å². The molecule has 3 heteroatoms. The maximum Gasteiger partial charge on any atom is 0.176 e. The first-order valence-corrected chi connectivity index (χ1v) is 13.7. The lowest BCUT2D eigenvalue weighted by Gasteiger charge is -2.70. The standard InChI is InChI=1S/C30H46O3/c1-18(2)14-20-15-19(3)25-21-8-9-23-27(6)12-11-24(31)26(4,5)22(27)10-13-28(23,7)29(21)16-30(25,33-20)32-17-29/h14-15,20-25,31H,8-13,16-17H2,1-7H3. The van der Waals surface area contributed by atoms with Gasteiger partial charge in [0, 0.05) is 17.8 Å². The van der Waals surface area contributed by atoms with Gasteiger partial charge in [0.05, 0.1) is 18.8 Å². The van der Waals surface area contributed by atoms with Crippen molar-refractivity contribution in [2.45, 2.75) is 111 Å². The van der Waals surface area contributed by atoms with Gasteiger partial charge in [-0.3, -0.25) is 0 Å². The molecule has 0 aromatic heterocycles. The average Bonchev–Trinajstić information content (AvgIpc) is 3.22. The van der Waals surface area contributed by atoms with Crippen LogP contribution in [-0.2, 0) is 9.47 Å². The molecule has 2 heterocycles. The van der Waals surface area contributed by atoms with Crippen molar-refractivity contribution in [3.05, 3.63) is 23.3 Å². The highest BCUT2D eigenvalue weighted by molar-refractivity contribution is 5.31. The second-order valence-corrected chi connectivity index (χ2v) is 14.3. The molecule has 10 atom stereocenters. The van der Waals surface area contributed by atoms with Crippen molar-refractivity contribution in [1.29, 1.82) is 0 Å². The highest BCUT2D eigenvalue weighted by Gasteiger charge is 2.78. The Bertz CT molecular complexity index is 914. The van der Waals surface area contributed by atoms with Crippen LogP contribution in [0.15, 0.2) is 23.3 Å². The molecule has 33 heavy (non-hydrogen) atoms. The lowest BCUT2D eigenvalue weighted by molar-refractivity contribution is -0.279. The van der Waals surface area contributed by atoms with E-state index < -0.39 is 5.79 Å². The van der Waals surface area contributed by atoms with Crippen LogP contribution in [0, 0.1) is 45.3 Å². The minimum atomic E-state index is -0.419. The fourth-order valence-corrected chi connectivity index (χ4v) is 11.1. The maximum atomic E-state index is 10.9. The molecule has 10 unspecified atom stereocenters. The van der Waals surface area contributed by atoms with Crippen molar-refractivity contribution in [2.24, 2.45) is 45.3 Å². The molecule has 4 saturated carbocycles. The van der Waals surface area contributed by atoms with Gasteiger partial charge in [-0.25, -0.2) is 0 Å². The quantitative estimate of drug-likeness (QED) is 0.450. The van der Waals surface area contributed by atoms with E-state index in [4.69, 9.17) is 9.47 Å². The van der Waals surface area contributed by atoms with Crippen molar-refractivity contribution >= 4 is 0 Å². The normalized spacial score (nSPS) is 56.2. The molecule has 2 spiro atoms. The number of ether oxygens (including phenoxy) is 2. The second-order valence-electron chi connectivity index (χ2n) is 14.3. The molecule has 3 nitrogen and oxygen atoms in total. The monoisotopic (exact) mass is 454 g/mol. The predicted octanol–water partition coefficient (Wildman–Crippen LogP) is 6.66. The summed E-state index contributed by atoms with van der Waals surface area (Å²) < 4.78 is 13.6. The lowest BCUT2D eigenvalue weighted by atomic mass is 9.35. The molecule has 2 bridgehead atoms.